The average Bonchev–Trinajstić information content (AvgIpc) is 2.67. The van der Waals surface area contributed by atoms with Gasteiger partial charge in [-0.15, -0.1) is 0 Å². The van der Waals surface area contributed by atoms with Crippen molar-refractivity contribution >= 4 is 40.9 Å². The Hall–Kier alpha value is -2.65. The molecule has 1 aromatic carbocycles. The SMILES string of the molecule is CCCOC(=O)CNC(=O)c1nc(-c2ccc(Cl)c(OC)c2F)nc(N)c1Cl. The van der Waals surface area contributed by atoms with Gasteiger partial charge in [0.2, 0.25) is 0 Å². The number of ether oxygens (including phenoxy) is 2. The monoisotopic (exact) mass is 430 g/mol. The van der Waals surface area contributed by atoms with Crippen molar-refractivity contribution in [3.63, 3.8) is 0 Å². The quantitative estimate of drug-likeness (QED) is 0.648. The van der Waals surface area contributed by atoms with Crippen molar-refractivity contribution in [2.24, 2.45) is 0 Å². The van der Waals surface area contributed by atoms with Gasteiger partial charge in [-0.3, -0.25) is 9.59 Å². The lowest BCUT2D eigenvalue weighted by Gasteiger charge is -2.11. The molecule has 1 aromatic heterocycles. The molecule has 0 saturated carbocycles. The third kappa shape index (κ3) is 4.79. The maximum absolute atomic E-state index is 14.6. The van der Waals surface area contributed by atoms with Gasteiger partial charge >= 0.3 is 5.97 Å². The zero-order chi connectivity index (χ0) is 20.8. The Kier molecular flexibility index (Phi) is 7.36. The molecule has 0 fully saturated rings. The van der Waals surface area contributed by atoms with E-state index in [0.29, 0.717) is 6.42 Å². The molecule has 0 radical (unpaired) electrons. The lowest BCUT2D eigenvalue weighted by molar-refractivity contribution is -0.142. The molecule has 8 nitrogen and oxygen atoms in total. The van der Waals surface area contributed by atoms with E-state index in [1.54, 1.807) is 0 Å². The molecule has 2 aromatic rings. The minimum absolute atomic E-state index is 0.0502. The number of hydrogen-bond acceptors (Lipinski definition) is 7. The predicted molar refractivity (Wildman–Crippen MR) is 102 cm³/mol. The van der Waals surface area contributed by atoms with Crippen LogP contribution >= 0.6 is 23.2 Å². The average molecular weight is 431 g/mol. The topological polar surface area (TPSA) is 116 Å². The summed E-state index contributed by atoms with van der Waals surface area (Å²) < 4.78 is 24.4. The van der Waals surface area contributed by atoms with Crippen molar-refractivity contribution in [3.8, 4) is 17.1 Å². The fourth-order valence-corrected chi connectivity index (χ4v) is 2.52. The number of anilines is 1. The highest BCUT2D eigenvalue weighted by Gasteiger charge is 2.22. The minimum atomic E-state index is -0.828. The van der Waals surface area contributed by atoms with Crippen molar-refractivity contribution in [1.29, 1.82) is 0 Å². The lowest BCUT2D eigenvalue weighted by atomic mass is 10.1. The number of nitrogens with two attached hydrogens (primary N) is 1. The Bertz CT molecular complexity index is 911. The zero-order valence-electron chi connectivity index (χ0n) is 15.0. The van der Waals surface area contributed by atoms with Crippen molar-refractivity contribution in [2.45, 2.75) is 13.3 Å². The highest BCUT2D eigenvalue weighted by Crippen LogP contribution is 2.34. The van der Waals surface area contributed by atoms with E-state index >= 15 is 0 Å². The van der Waals surface area contributed by atoms with Crippen molar-refractivity contribution in [2.75, 3.05) is 26.0 Å². The number of methoxy groups -OCH3 is 1. The first-order valence-corrected chi connectivity index (χ1v) is 8.84. The fraction of sp³-hybridized carbons (Fsp3) is 0.294. The maximum Gasteiger partial charge on any atom is 0.325 e. The van der Waals surface area contributed by atoms with Gasteiger partial charge in [-0.05, 0) is 18.6 Å². The molecule has 11 heteroatoms. The molecule has 0 unspecified atom stereocenters. The van der Waals surface area contributed by atoms with E-state index in [9.17, 15) is 14.0 Å². The van der Waals surface area contributed by atoms with E-state index in [1.807, 2.05) is 6.92 Å². The molecular weight excluding hydrogens is 414 g/mol. The summed E-state index contributed by atoms with van der Waals surface area (Å²) in [4.78, 5) is 31.8. The van der Waals surface area contributed by atoms with Gasteiger partial charge in [0.1, 0.15) is 17.4 Å². The van der Waals surface area contributed by atoms with E-state index in [-0.39, 0.29) is 45.3 Å². The number of carbonyl (C=O) groups is 2. The van der Waals surface area contributed by atoms with Gasteiger partial charge in [0.15, 0.2) is 23.1 Å². The van der Waals surface area contributed by atoms with Crippen molar-refractivity contribution in [3.05, 3.63) is 33.7 Å². The molecule has 0 saturated heterocycles. The molecule has 1 amide bonds. The van der Waals surface area contributed by atoms with E-state index in [1.165, 1.54) is 19.2 Å². The van der Waals surface area contributed by atoms with Gasteiger partial charge in [-0.1, -0.05) is 30.1 Å². The van der Waals surface area contributed by atoms with E-state index in [2.05, 4.69) is 15.3 Å². The van der Waals surface area contributed by atoms with Crippen molar-refractivity contribution < 1.29 is 23.5 Å². The van der Waals surface area contributed by atoms with Crippen LogP contribution in [0.15, 0.2) is 12.1 Å². The number of nitrogens with one attached hydrogen (secondary N) is 1. The molecule has 0 atom stereocenters. The molecule has 0 aliphatic rings. The van der Waals surface area contributed by atoms with Crippen LogP contribution in [0.1, 0.15) is 23.8 Å². The largest absolute Gasteiger partial charge is 0.492 e. The Morgan fingerprint density at radius 2 is 2.00 bits per heavy atom. The number of nitrogens with zero attached hydrogens (tertiary/aromatic N) is 2. The minimum Gasteiger partial charge on any atom is -0.492 e. The second-order valence-electron chi connectivity index (χ2n) is 5.44. The van der Waals surface area contributed by atoms with Crippen LogP contribution in [0.2, 0.25) is 10.0 Å². The highest BCUT2D eigenvalue weighted by atomic mass is 35.5. The second kappa shape index (κ2) is 9.52. The molecule has 1 heterocycles. The third-order valence-electron chi connectivity index (χ3n) is 3.45. The second-order valence-corrected chi connectivity index (χ2v) is 6.23. The number of esters is 1. The molecule has 0 aliphatic carbocycles. The van der Waals surface area contributed by atoms with Crippen LogP contribution in [0.25, 0.3) is 11.4 Å². The third-order valence-corrected chi connectivity index (χ3v) is 4.12. The van der Waals surface area contributed by atoms with Crippen LogP contribution < -0.4 is 15.8 Å². The van der Waals surface area contributed by atoms with Gasteiger partial charge < -0.3 is 20.5 Å². The molecule has 0 bridgehead atoms. The van der Waals surface area contributed by atoms with Gasteiger partial charge in [-0.25, -0.2) is 14.4 Å². The summed E-state index contributed by atoms with van der Waals surface area (Å²) in [7, 11) is 1.25. The standard InChI is InChI=1S/C17H17Cl2FN4O4/c1-3-6-28-10(25)7-22-17(26)13-11(19)15(21)24-16(23-13)8-4-5-9(18)14(27-2)12(8)20/h4-5H,3,6-7H2,1-2H3,(H,22,26)(H2,21,23,24). The molecule has 3 N–H and O–H groups in total. The van der Waals surface area contributed by atoms with Crippen LogP contribution in [0.4, 0.5) is 10.2 Å². The number of benzene rings is 1. The number of rotatable bonds is 7. The van der Waals surface area contributed by atoms with Gasteiger partial charge in [0.25, 0.3) is 5.91 Å². The summed E-state index contributed by atoms with van der Waals surface area (Å²) in [6.07, 6.45) is 0.646. The van der Waals surface area contributed by atoms with Crippen LogP contribution in [0.3, 0.4) is 0 Å². The molecule has 2 rings (SSSR count). The summed E-state index contributed by atoms with van der Waals surface area (Å²) in [5.41, 5.74) is 5.32. The number of amides is 1. The number of aromatic nitrogens is 2. The van der Waals surface area contributed by atoms with E-state index in [4.69, 9.17) is 38.4 Å². The van der Waals surface area contributed by atoms with Crippen LogP contribution in [-0.2, 0) is 9.53 Å². The van der Waals surface area contributed by atoms with Gasteiger partial charge in [0, 0.05) is 0 Å². The first kappa shape index (κ1) is 21.6. The summed E-state index contributed by atoms with van der Waals surface area (Å²) in [5, 5.41) is 2.14. The van der Waals surface area contributed by atoms with Crippen LogP contribution in [0.5, 0.6) is 5.75 Å². The molecule has 0 aliphatic heterocycles. The Labute approximate surface area is 170 Å². The Morgan fingerprint density at radius 1 is 1.29 bits per heavy atom. The Balaban J connectivity index is 2.35. The zero-order valence-corrected chi connectivity index (χ0v) is 16.5. The smallest absolute Gasteiger partial charge is 0.325 e. The van der Waals surface area contributed by atoms with E-state index in [0.717, 1.165) is 0 Å². The van der Waals surface area contributed by atoms with Crippen molar-refractivity contribution in [1.82, 2.24) is 15.3 Å². The lowest BCUT2D eigenvalue weighted by Crippen LogP contribution is -2.31. The molecule has 0 spiro atoms. The summed E-state index contributed by atoms with van der Waals surface area (Å²) in [6, 6.07) is 2.70. The Morgan fingerprint density at radius 3 is 2.64 bits per heavy atom. The van der Waals surface area contributed by atoms with Gasteiger partial charge in [-0.2, -0.15) is 0 Å². The van der Waals surface area contributed by atoms with Crippen LogP contribution in [0, 0.1) is 5.82 Å². The highest BCUT2D eigenvalue weighted by molar-refractivity contribution is 6.35. The maximum atomic E-state index is 14.6. The first-order chi connectivity index (χ1) is 13.3. The number of carbonyl (C=O) groups excluding carboxylic acids is 2. The van der Waals surface area contributed by atoms with E-state index < -0.39 is 24.2 Å². The van der Waals surface area contributed by atoms with Crippen LogP contribution in [-0.4, -0.2) is 42.1 Å². The normalized spacial score (nSPS) is 10.5. The first-order valence-electron chi connectivity index (χ1n) is 8.09. The summed E-state index contributed by atoms with van der Waals surface area (Å²) in [5.74, 6) is -2.89. The molecular formula is C17H17Cl2FN4O4. The number of halogens is 3. The summed E-state index contributed by atoms with van der Waals surface area (Å²) >= 11 is 11.9. The molecule has 150 valence electrons. The molecule has 28 heavy (non-hydrogen) atoms. The van der Waals surface area contributed by atoms with Gasteiger partial charge in [0.05, 0.1) is 24.3 Å². The predicted octanol–water partition coefficient (Wildman–Crippen LogP) is 2.86. The fourth-order valence-electron chi connectivity index (χ4n) is 2.13. The number of nitrogen functional groups attached to an aromatic ring is 1. The number of hydrogen-bond donors (Lipinski definition) is 2. The summed E-state index contributed by atoms with van der Waals surface area (Å²) in [6.45, 7) is 1.68.